The van der Waals surface area contributed by atoms with Crippen molar-refractivity contribution in [2.24, 2.45) is 0 Å². The molecule has 18 heavy (non-hydrogen) atoms. The van der Waals surface area contributed by atoms with E-state index in [0.29, 0.717) is 23.2 Å². The van der Waals surface area contributed by atoms with Crippen molar-refractivity contribution >= 4 is 11.0 Å². The molecule has 2 heterocycles. The molecule has 0 radical (unpaired) electrons. The van der Waals surface area contributed by atoms with Gasteiger partial charge in [-0.2, -0.15) is 0 Å². The first-order valence-electron chi connectivity index (χ1n) is 5.73. The van der Waals surface area contributed by atoms with Gasteiger partial charge in [0, 0.05) is 24.9 Å². The van der Waals surface area contributed by atoms with Gasteiger partial charge in [0.25, 0.3) is 0 Å². The second-order valence-corrected chi connectivity index (χ2v) is 4.11. The van der Waals surface area contributed by atoms with E-state index in [9.17, 15) is 4.79 Å². The Labute approximate surface area is 104 Å². The monoisotopic (exact) mass is 237 g/mol. The van der Waals surface area contributed by atoms with Crippen LogP contribution >= 0.6 is 0 Å². The maximum absolute atomic E-state index is 11.9. The van der Waals surface area contributed by atoms with E-state index in [-0.39, 0.29) is 5.43 Å². The first kappa shape index (κ1) is 10.7. The van der Waals surface area contributed by atoms with E-state index in [4.69, 9.17) is 4.42 Å². The molecule has 0 aliphatic carbocycles. The van der Waals surface area contributed by atoms with Crippen LogP contribution in [-0.2, 0) is 6.42 Å². The summed E-state index contributed by atoms with van der Waals surface area (Å²) in [6.45, 7) is 0. The highest BCUT2D eigenvalue weighted by Crippen LogP contribution is 2.14. The Balaban J connectivity index is 2.06. The first-order chi connectivity index (χ1) is 8.83. The molecule has 0 bridgehead atoms. The lowest BCUT2D eigenvalue weighted by Crippen LogP contribution is -2.02. The molecule has 3 heteroatoms. The fourth-order valence-corrected chi connectivity index (χ4v) is 1.94. The first-order valence-corrected chi connectivity index (χ1v) is 5.73. The van der Waals surface area contributed by atoms with Crippen molar-refractivity contribution in [2.45, 2.75) is 6.42 Å². The number of nitrogens with zero attached hydrogens (tertiary/aromatic N) is 1. The highest BCUT2D eigenvalue weighted by Gasteiger charge is 2.04. The molecule has 0 atom stereocenters. The Kier molecular flexibility index (Phi) is 2.65. The number of hydrogen-bond donors (Lipinski definition) is 0. The second kappa shape index (κ2) is 4.45. The normalized spacial score (nSPS) is 10.7. The highest BCUT2D eigenvalue weighted by atomic mass is 16.3. The lowest BCUT2D eigenvalue weighted by molar-refractivity contribution is 0.549. The SMILES string of the molecule is O=c1cc(Cc2ccncc2)oc2ccccc12. The average Bonchev–Trinajstić information content (AvgIpc) is 2.40. The molecule has 3 rings (SSSR count). The predicted octanol–water partition coefficient (Wildman–Crippen LogP) is 2.78. The summed E-state index contributed by atoms with van der Waals surface area (Å²) in [5.41, 5.74) is 1.71. The van der Waals surface area contributed by atoms with E-state index in [1.165, 1.54) is 0 Å². The topological polar surface area (TPSA) is 43.1 Å². The van der Waals surface area contributed by atoms with Crippen LogP contribution in [0.2, 0.25) is 0 Å². The molecule has 88 valence electrons. The van der Waals surface area contributed by atoms with Gasteiger partial charge in [-0.1, -0.05) is 12.1 Å². The summed E-state index contributed by atoms with van der Waals surface area (Å²) in [5, 5.41) is 0.621. The van der Waals surface area contributed by atoms with Crippen molar-refractivity contribution < 1.29 is 4.42 Å². The number of fused-ring (bicyclic) bond motifs is 1. The van der Waals surface area contributed by atoms with Crippen molar-refractivity contribution in [1.29, 1.82) is 0 Å². The summed E-state index contributed by atoms with van der Waals surface area (Å²) in [7, 11) is 0. The van der Waals surface area contributed by atoms with Crippen molar-refractivity contribution in [1.82, 2.24) is 4.98 Å². The molecule has 3 aromatic rings. The Morgan fingerprint density at radius 2 is 1.83 bits per heavy atom. The van der Waals surface area contributed by atoms with Crippen molar-refractivity contribution in [3.8, 4) is 0 Å². The quantitative estimate of drug-likeness (QED) is 0.688. The number of para-hydroxylation sites is 1. The minimum Gasteiger partial charge on any atom is -0.460 e. The van der Waals surface area contributed by atoms with Crippen LogP contribution in [0.25, 0.3) is 11.0 Å². The summed E-state index contributed by atoms with van der Waals surface area (Å²) in [6.07, 6.45) is 4.06. The van der Waals surface area contributed by atoms with Gasteiger partial charge in [-0.25, -0.2) is 0 Å². The Bertz CT molecular complexity index is 732. The number of hydrogen-bond acceptors (Lipinski definition) is 3. The van der Waals surface area contributed by atoms with Crippen LogP contribution in [0.1, 0.15) is 11.3 Å². The largest absolute Gasteiger partial charge is 0.460 e. The van der Waals surface area contributed by atoms with Crippen molar-refractivity contribution in [2.75, 3.05) is 0 Å². The number of pyridine rings is 1. The zero-order valence-electron chi connectivity index (χ0n) is 9.67. The molecule has 0 fully saturated rings. The van der Waals surface area contributed by atoms with E-state index in [1.807, 2.05) is 30.3 Å². The number of benzene rings is 1. The molecule has 0 unspecified atom stereocenters. The number of rotatable bonds is 2. The molecule has 1 aromatic carbocycles. The van der Waals surface area contributed by atoms with Crippen molar-refractivity contribution in [3.05, 3.63) is 76.4 Å². The maximum atomic E-state index is 11.9. The zero-order chi connectivity index (χ0) is 12.4. The lowest BCUT2D eigenvalue weighted by Gasteiger charge is -2.02. The van der Waals surface area contributed by atoms with Gasteiger partial charge >= 0.3 is 0 Å². The van der Waals surface area contributed by atoms with Crippen LogP contribution in [0.4, 0.5) is 0 Å². The molecule has 0 N–H and O–H groups in total. The second-order valence-electron chi connectivity index (χ2n) is 4.11. The van der Waals surface area contributed by atoms with Gasteiger partial charge < -0.3 is 4.42 Å². The summed E-state index contributed by atoms with van der Waals surface area (Å²) < 4.78 is 5.73. The molecule has 0 spiro atoms. The third-order valence-electron chi connectivity index (χ3n) is 2.81. The smallest absolute Gasteiger partial charge is 0.192 e. The van der Waals surface area contributed by atoms with Crippen LogP contribution in [-0.4, -0.2) is 4.98 Å². The molecule has 0 aliphatic heterocycles. The minimum absolute atomic E-state index is 0.000839. The van der Waals surface area contributed by atoms with E-state index < -0.39 is 0 Å². The standard InChI is InChI=1S/C15H11NO2/c17-14-10-12(9-11-5-7-16-8-6-11)18-15-4-2-1-3-13(14)15/h1-8,10H,9H2. The van der Waals surface area contributed by atoms with Crippen LogP contribution in [0.5, 0.6) is 0 Å². The van der Waals surface area contributed by atoms with Gasteiger partial charge in [0.05, 0.1) is 5.39 Å². The predicted molar refractivity (Wildman–Crippen MR) is 69.5 cm³/mol. The zero-order valence-corrected chi connectivity index (χ0v) is 9.67. The van der Waals surface area contributed by atoms with E-state index in [2.05, 4.69) is 4.98 Å². The van der Waals surface area contributed by atoms with Gasteiger partial charge in [-0.15, -0.1) is 0 Å². The fourth-order valence-electron chi connectivity index (χ4n) is 1.94. The Morgan fingerprint density at radius 3 is 2.67 bits per heavy atom. The molecular formula is C15H11NO2. The maximum Gasteiger partial charge on any atom is 0.192 e. The molecular weight excluding hydrogens is 226 g/mol. The van der Waals surface area contributed by atoms with Crippen molar-refractivity contribution in [3.63, 3.8) is 0 Å². The number of aromatic nitrogens is 1. The van der Waals surface area contributed by atoms with Crippen LogP contribution in [0.3, 0.4) is 0 Å². The summed E-state index contributed by atoms with van der Waals surface area (Å²) in [6, 6.07) is 12.7. The Hall–Kier alpha value is -2.42. The van der Waals surface area contributed by atoms with Crippen LogP contribution < -0.4 is 5.43 Å². The fraction of sp³-hybridized carbons (Fsp3) is 0.0667. The summed E-state index contributed by atoms with van der Waals surface area (Å²) in [4.78, 5) is 15.9. The van der Waals surface area contributed by atoms with Gasteiger partial charge in [0.15, 0.2) is 5.43 Å². The van der Waals surface area contributed by atoms with Gasteiger partial charge in [0.2, 0.25) is 0 Å². The minimum atomic E-state index is 0.000839. The molecule has 0 amide bonds. The van der Waals surface area contributed by atoms with Gasteiger partial charge in [-0.3, -0.25) is 9.78 Å². The average molecular weight is 237 g/mol. The molecule has 2 aromatic heterocycles. The summed E-state index contributed by atoms with van der Waals surface area (Å²) >= 11 is 0. The third-order valence-corrected chi connectivity index (χ3v) is 2.81. The molecule has 3 nitrogen and oxygen atoms in total. The highest BCUT2D eigenvalue weighted by molar-refractivity contribution is 5.76. The molecule has 0 saturated carbocycles. The van der Waals surface area contributed by atoms with Crippen LogP contribution in [0.15, 0.2) is 64.1 Å². The Morgan fingerprint density at radius 1 is 1.06 bits per heavy atom. The van der Waals surface area contributed by atoms with E-state index >= 15 is 0 Å². The molecule has 0 saturated heterocycles. The van der Waals surface area contributed by atoms with E-state index in [1.54, 1.807) is 24.5 Å². The van der Waals surface area contributed by atoms with Gasteiger partial charge in [0.1, 0.15) is 11.3 Å². The summed E-state index contributed by atoms with van der Waals surface area (Å²) in [5.74, 6) is 0.671. The van der Waals surface area contributed by atoms with Gasteiger partial charge in [-0.05, 0) is 29.8 Å². The van der Waals surface area contributed by atoms with E-state index in [0.717, 1.165) is 5.56 Å². The third kappa shape index (κ3) is 2.02. The molecule has 0 aliphatic rings. The lowest BCUT2D eigenvalue weighted by atomic mass is 10.1. The van der Waals surface area contributed by atoms with Crippen LogP contribution in [0, 0.1) is 0 Å².